The van der Waals surface area contributed by atoms with Gasteiger partial charge < -0.3 is 15.2 Å². The molecule has 0 aliphatic heterocycles. The van der Waals surface area contributed by atoms with E-state index in [-0.39, 0.29) is 24.0 Å². The molecule has 2 N–H and O–H groups in total. The van der Waals surface area contributed by atoms with E-state index in [9.17, 15) is 15.2 Å². The summed E-state index contributed by atoms with van der Waals surface area (Å²) in [6.07, 6.45) is 5.79. The lowest BCUT2D eigenvalue weighted by Crippen LogP contribution is -2.44. The molecule has 110 valence electrons. The molecule has 8 nitrogen and oxygen atoms in total. The summed E-state index contributed by atoms with van der Waals surface area (Å²) in [7, 11) is 1.32. The van der Waals surface area contributed by atoms with Gasteiger partial charge in [-0.15, -0.1) is 0 Å². The number of anilines is 1. The molecule has 0 spiro atoms. The summed E-state index contributed by atoms with van der Waals surface area (Å²) in [5.74, 6) is 0.00852. The number of aromatic nitrogens is 2. The number of hydrogen-bond acceptors (Lipinski definition) is 7. The number of methoxy groups -OCH3 is 1. The maximum Gasteiger partial charge on any atom is 0.372 e. The van der Waals surface area contributed by atoms with Crippen LogP contribution in [0.3, 0.4) is 0 Å². The molecule has 2 rings (SSSR count). The zero-order valence-corrected chi connectivity index (χ0v) is 11.3. The number of ether oxygens (including phenoxy) is 1. The first-order chi connectivity index (χ1) is 9.62. The van der Waals surface area contributed by atoms with Crippen LogP contribution in [0.1, 0.15) is 32.1 Å². The second kappa shape index (κ2) is 6.00. The first-order valence-corrected chi connectivity index (χ1v) is 6.54. The van der Waals surface area contributed by atoms with Crippen molar-refractivity contribution in [3.8, 4) is 5.88 Å². The summed E-state index contributed by atoms with van der Waals surface area (Å²) >= 11 is 0. The fraction of sp³-hybridized carbons (Fsp3) is 0.667. The molecule has 20 heavy (non-hydrogen) atoms. The third-order valence-electron chi connectivity index (χ3n) is 3.66. The van der Waals surface area contributed by atoms with Crippen molar-refractivity contribution in [3.63, 3.8) is 0 Å². The molecule has 0 amide bonds. The Morgan fingerprint density at radius 1 is 1.45 bits per heavy atom. The smallest absolute Gasteiger partial charge is 0.372 e. The van der Waals surface area contributed by atoms with Crippen LogP contribution in [-0.4, -0.2) is 39.3 Å². The van der Waals surface area contributed by atoms with Crippen molar-refractivity contribution in [2.24, 2.45) is 0 Å². The highest BCUT2D eigenvalue weighted by molar-refractivity contribution is 5.62. The summed E-state index contributed by atoms with van der Waals surface area (Å²) in [6, 6.07) is 0. The van der Waals surface area contributed by atoms with Crippen LogP contribution in [0.2, 0.25) is 0 Å². The quantitative estimate of drug-likeness (QED) is 0.621. The van der Waals surface area contributed by atoms with Gasteiger partial charge in [0.25, 0.3) is 5.88 Å². The summed E-state index contributed by atoms with van der Waals surface area (Å²) in [5, 5.41) is 23.9. The third-order valence-corrected chi connectivity index (χ3v) is 3.66. The lowest BCUT2D eigenvalue weighted by molar-refractivity contribution is -0.385. The summed E-state index contributed by atoms with van der Waals surface area (Å²) in [6.45, 7) is -0.0868. The van der Waals surface area contributed by atoms with E-state index < -0.39 is 10.5 Å². The van der Waals surface area contributed by atoms with E-state index in [1.165, 1.54) is 13.4 Å². The Bertz CT molecular complexity index is 488. The molecule has 0 aromatic carbocycles. The second-order valence-corrected chi connectivity index (χ2v) is 4.96. The molecule has 0 radical (unpaired) electrons. The average molecular weight is 282 g/mol. The number of rotatable bonds is 5. The van der Waals surface area contributed by atoms with Crippen LogP contribution in [0.5, 0.6) is 5.88 Å². The maximum absolute atomic E-state index is 11.2. The minimum Gasteiger partial charge on any atom is -0.476 e. The van der Waals surface area contributed by atoms with Crippen LogP contribution in [-0.2, 0) is 0 Å². The fourth-order valence-corrected chi connectivity index (χ4v) is 2.57. The standard InChI is InChI=1S/C12H18N4O4/c1-20-11-9(16(18)19)10(13-8-14-11)15-12(7-17)5-3-2-4-6-12/h8,17H,2-7H2,1H3,(H,13,14,15). The zero-order valence-electron chi connectivity index (χ0n) is 11.3. The van der Waals surface area contributed by atoms with Crippen molar-refractivity contribution in [3.05, 3.63) is 16.4 Å². The lowest BCUT2D eigenvalue weighted by Gasteiger charge is -2.36. The minimum absolute atomic E-state index is 0.0867. The lowest BCUT2D eigenvalue weighted by atomic mass is 9.82. The van der Waals surface area contributed by atoms with Crippen molar-refractivity contribution in [2.45, 2.75) is 37.6 Å². The highest BCUT2D eigenvalue weighted by Crippen LogP contribution is 2.36. The molecular formula is C12H18N4O4. The van der Waals surface area contributed by atoms with Gasteiger partial charge in [0.2, 0.25) is 5.82 Å². The molecule has 1 heterocycles. The van der Waals surface area contributed by atoms with E-state index in [1.807, 2.05) is 0 Å². The van der Waals surface area contributed by atoms with Gasteiger partial charge in [-0.1, -0.05) is 19.3 Å². The highest BCUT2D eigenvalue weighted by Gasteiger charge is 2.35. The Morgan fingerprint density at radius 2 is 2.15 bits per heavy atom. The van der Waals surface area contributed by atoms with Crippen LogP contribution in [0.25, 0.3) is 0 Å². The molecule has 8 heteroatoms. The molecule has 1 aliphatic rings. The summed E-state index contributed by atoms with van der Waals surface area (Å²) in [5.41, 5.74) is -0.851. The molecule has 0 saturated heterocycles. The van der Waals surface area contributed by atoms with Gasteiger partial charge in [-0.2, -0.15) is 4.98 Å². The van der Waals surface area contributed by atoms with Crippen molar-refractivity contribution in [1.82, 2.24) is 9.97 Å². The Morgan fingerprint density at radius 3 is 2.70 bits per heavy atom. The van der Waals surface area contributed by atoms with Crippen molar-refractivity contribution in [1.29, 1.82) is 0 Å². The molecule has 0 bridgehead atoms. The van der Waals surface area contributed by atoms with Gasteiger partial charge in [-0.3, -0.25) is 10.1 Å². The highest BCUT2D eigenvalue weighted by atomic mass is 16.6. The van der Waals surface area contributed by atoms with Crippen molar-refractivity contribution < 1.29 is 14.8 Å². The molecule has 1 fully saturated rings. The fourth-order valence-electron chi connectivity index (χ4n) is 2.57. The first kappa shape index (κ1) is 14.4. The van der Waals surface area contributed by atoms with Gasteiger partial charge >= 0.3 is 5.69 Å². The number of nitrogens with zero attached hydrogens (tertiary/aromatic N) is 3. The first-order valence-electron chi connectivity index (χ1n) is 6.54. The Hall–Kier alpha value is -1.96. The Balaban J connectivity index is 2.34. The maximum atomic E-state index is 11.2. The van der Waals surface area contributed by atoms with E-state index in [2.05, 4.69) is 15.3 Å². The number of nitrogens with one attached hydrogen (secondary N) is 1. The Kier molecular flexibility index (Phi) is 4.33. The van der Waals surface area contributed by atoms with Crippen LogP contribution in [0, 0.1) is 10.1 Å². The minimum atomic E-state index is -0.574. The van der Waals surface area contributed by atoms with E-state index in [0.29, 0.717) is 0 Å². The molecule has 1 aliphatic carbocycles. The topological polar surface area (TPSA) is 110 Å². The van der Waals surface area contributed by atoms with Crippen LogP contribution >= 0.6 is 0 Å². The van der Waals surface area contributed by atoms with Gasteiger partial charge in [0.05, 0.1) is 24.2 Å². The normalized spacial score (nSPS) is 17.5. The van der Waals surface area contributed by atoms with E-state index in [1.54, 1.807) is 0 Å². The number of aliphatic hydroxyl groups excluding tert-OH is 1. The van der Waals surface area contributed by atoms with Gasteiger partial charge in [0.1, 0.15) is 6.33 Å². The second-order valence-electron chi connectivity index (χ2n) is 4.96. The molecular weight excluding hydrogens is 264 g/mol. The van der Waals surface area contributed by atoms with Gasteiger partial charge in [0.15, 0.2) is 0 Å². The Labute approximate surface area is 116 Å². The molecule has 0 atom stereocenters. The van der Waals surface area contributed by atoms with E-state index >= 15 is 0 Å². The third kappa shape index (κ3) is 2.79. The summed E-state index contributed by atoms with van der Waals surface area (Å²) < 4.78 is 4.91. The SMILES string of the molecule is COc1ncnc(NC2(CO)CCCCC2)c1[N+](=O)[O-]. The molecule has 0 unspecified atom stereocenters. The van der Waals surface area contributed by atoms with Crippen molar-refractivity contribution >= 4 is 11.5 Å². The van der Waals surface area contributed by atoms with Crippen LogP contribution in [0.4, 0.5) is 11.5 Å². The molecule has 1 aromatic heterocycles. The molecule has 1 aromatic rings. The van der Waals surface area contributed by atoms with Crippen LogP contribution in [0.15, 0.2) is 6.33 Å². The molecule has 1 saturated carbocycles. The van der Waals surface area contributed by atoms with Crippen molar-refractivity contribution in [2.75, 3.05) is 19.0 Å². The number of nitro groups is 1. The number of aliphatic hydroxyl groups is 1. The largest absolute Gasteiger partial charge is 0.476 e. The van der Waals surface area contributed by atoms with E-state index in [0.717, 1.165) is 32.1 Å². The summed E-state index contributed by atoms with van der Waals surface area (Å²) in [4.78, 5) is 18.3. The van der Waals surface area contributed by atoms with Gasteiger partial charge in [0, 0.05) is 0 Å². The zero-order chi connectivity index (χ0) is 14.6. The van der Waals surface area contributed by atoms with Gasteiger partial charge in [-0.05, 0) is 12.8 Å². The van der Waals surface area contributed by atoms with E-state index in [4.69, 9.17) is 4.74 Å². The predicted molar refractivity (Wildman–Crippen MR) is 71.8 cm³/mol. The van der Waals surface area contributed by atoms with Crippen LogP contribution < -0.4 is 10.1 Å². The number of hydrogen-bond donors (Lipinski definition) is 2. The van der Waals surface area contributed by atoms with Gasteiger partial charge in [-0.25, -0.2) is 4.98 Å². The monoisotopic (exact) mass is 282 g/mol. The predicted octanol–water partition coefficient (Wildman–Crippen LogP) is 1.50. The average Bonchev–Trinajstić information content (AvgIpc) is 2.47.